The number of halogens is 1. The Morgan fingerprint density at radius 1 is 1.03 bits per heavy atom. The van der Waals surface area contributed by atoms with Crippen LogP contribution >= 0.6 is 0 Å². The van der Waals surface area contributed by atoms with Crippen LogP contribution in [0.25, 0.3) is 0 Å². The van der Waals surface area contributed by atoms with Crippen LogP contribution in [0, 0.1) is 11.2 Å². The lowest BCUT2D eigenvalue weighted by molar-refractivity contribution is -0.152. The van der Waals surface area contributed by atoms with Crippen molar-refractivity contribution in [3.05, 3.63) is 59.9 Å². The molecule has 1 N–H and O–H groups in total. The van der Waals surface area contributed by atoms with E-state index in [2.05, 4.69) is 10.2 Å². The van der Waals surface area contributed by atoms with E-state index >= 15 is 0 Å². The molecule has 8 heteroatoms. The van der Waals surface area contributed by atoms with Crippen molar-refractivity contribution in [2.45, 2.75) is 12.5 Å². The molecule has 2 aromatic rings. The van der Waals surface area contributed by atoms with Crippen molar-refractivity contribution in [1.29, 1.82) is 0 Å². The number of fused-ring (bicyclic) bond motifs is 4. The zero-order chi connectivity index (χ0) is 21.0. The number of hydrogen-bond donors (Lipinski definition) is 1. The normalized spacial score (nSPS) is 25.9. The van der Waals surface area contributed by atoms with Gasteiger partial charge < -0.3 is 9.80 Å². The number of para-hydroxylation sites is 2. The molecule has 154 valence electrons. The third kappa shape index (κ3) is 2.46. The first-order chi connectivity index (χ1) is 14.4. The van der Waals surface area contributed by atoms with Crippen LogP contribution in [0.5, 0.6) is 0 Å². The monoisotopic (exact) mass is 408 g/mol. The Morgan fingerprint density at radius 2 is 1.80 bits per heavy atom. The van der Waals surface area contributed by atoms with E-state index in [1.54, 1.807) is 12.1 Å². The molecular formula is C22H21FN4O3. The number of carbonyl (C=O) groups excluding carboxylic acids is 3. The molecule has 2 saturated heterocycles. The van der Waals surface area contributed by atoms with Crippen LogP contribution in [0.1, 0.15) is 5.56 Å². The van der Waals surface area contributed by atoms with Crippen molar-refractivity contribution in [2.24, 2.45) is 5.41 Å². The average molecular weight is 408 g/mol. The van der Waals surface area contributed by atoms with Crippen LogP contribution in [0.3, 0.4) is 0 Å². The largest absolute Gasteiger partial charge is 0.368 e. The first-order valence-electron chi connectivity index (χ1n) is 9.91. The molecule has 3 aliphatic rings. The minimum Gasteiger partial charge on any atom is -0.368 e. The number of anilines is 2. The van der Waals surface area contributed by atoms with Gasteiger partial charge in [-0.05, 0) is 30.2 Å². The van der Waals surface area contributed by atoms with Gasteiger partial charge in [-0.2, -0.15) is 0 Å². The summed E-state index contributed by atoms with van der Waals surface area (Å²) in [5.41, 5.74) is 0.517. The Balaban J connectivity index is 1.65. The second-order valence-electron chi connectivity index (χ2n) is 8.01. The van der Waals surface area contributed by atoms with Crippen LogP contribution < -0.4 is 15.1 Å². The van der Waals surface area contributed by atoms with Crippen molar-refractivity contribution in [3.63, 3.8) is 0 Å². The highest BCUT2D eigenvalue weighted by molar-refractivity contribution is 6.20. The molecule has 0 saturated carbocycles. The SMILES string of the molecule is CN1C(=O)NC(=O)C2(Cc3cccc(F)c3N3CCN(c4ccccc4)CC32)C1=O. The van der Waals surface area contributed by atoms with Gasteiger partial charge in [-0.1, -0.05) is 30.3 Å². The van der Waals surface area contributed by atoms with E-state index in [-0.39, 0.29) is 12.2 Å². The van der Waals surface area contributed by atoms with E-state index in [1.807, 2.05) is 35.2 Å². The number of barbiturate groups is 1. The zero-order valence-corrected chi connectivity index (χ0v) is 16.5. The van der Waals surface area contributed by atoms with Gasteiger partial charge in [0.15, 0.2) is 5.41 Å². The molecule has 0 radical (unpaired) electrons. The lowest BCUT2D eigenvalue weighted by atomic mass is 9.67. The molecule has 30 heavy (non-hydrogen) atoms. The molecule has 0 aromatic heterocycles. The first-order valence-corrected chi connectivity index (χ1v) is 9.91. The summed E-state index contributed by atoms with van der Waals surface area (Å²) in [4.78, 5) is 43.6. The summed E-state index contributed by atoms with van der Waals surface area (Å²) in [6, 6.07) is 13.1. The number of imide groups is 2. The third-order valence-electron chi connectivity index (χ3n) is 6.51. The second kappa shape index (κ2) is 6.55. The minimum atomic E-state index is -1.50. The van der Waals surface area contributed by atoms with Crippen LogP contribution in [0.2, 0.25) is 0 Å². The van der Waals surface area contributed by atoms with Gasteiger partial charge >= 0.3 is 6.03 Å². The highest BCUT2D eigenvalue weighted by Crippen LogP contribution is 2.46. The molecule has 2 unspecified atom stereocenters. The lowest BCUT2D eigenvalue weighted by Gasteiger charge is -2.55. The molecule has 0 bridgehead atoms. The van der Waals surface area contributed by atoms with Crippen molar-refractivity contribution in [2.75, 3.05) is 36.5 Å². The Labute approximate surface area is 173 Å². The van der Waals surface area contributed by atoms with Gasteiger partial charge in [-0.3, -0.25) is 19.8 Å². The number of piperazine rings is 1. The van der Waals surface area contributed by atoms with E-state index in [4.69, 9.17) is 0 Å². The number of hydrogen-bond acceptors (Lipinski definition) is 5. The lowest BCUT2D eigenvalue weighted by Crippen LogP contribution is -2.74. The summed E-state index contributed by atoms with van der Waals surface area (Å²) in [5.74, 6) is -1.53. The maximum absolute atomic E-state index is 14.8. The Bertz CT molecular complexity index is 1060. The highest BCUT2D eigenvalue weighted by atomic mass is 19.1. The van der Waals surface area contributed by atoms with Crippen molar-refractivity contribution < 1.29 is 18.8 Å². The summed E-state index contributed by atoms with van der Waals surface area (Å²) in [5, 5.41) is 2.34. The topological polar surface area (TPSA) is 73.0 Å². The molecule has 3 heterocycles. The van der Waals surface area contributed by atoms with Crippen LogP contribution in [0.4, 0.5) is 20.6 Å². The molecule has 2 fully saturated rings. The summed E-state index contributed by atoms with van der Waals surface area (Å²) >= 11 is 0. The molecule has 1 spiro atoms. The fourth-order valence-corrected chi connectivity index (χ4v) is 5.02. The van der Waals surface area contributed by atoms with E-state index in [9.17, 15) is 18.8 Å². The maximum Gasteiger partial charge on any atom is 0.330 e. The van der Waals surface area contributed by atoms with Gasteiger partial charge in [0.2, 0.25) is 11.8 Å². The molecule has 2 aromatic carbocycles. The number of rotatable bonds is 1. The Hall–Kier alpha value is -3.42. The predicted molar refractivity (Wildman–Crippen MR) is 109 cm³/mol. The number of urea groups is 1. The van der Waals surface area contributed by atoms with E-state index in [1.165, 1.54) is 13.1 Å². The fourth-order valence-electron chi connectivity index (χ4n) is 5.02. The second-order valence-corrected chi connectivity index (χ2v) is 8.01. The molecule has 7 nitrogen and oxygen atoms in total. The molecular weight excluding hydrogens is 387 g/mol. The van der Waals surface area contributed by atoms with Gasteiger partial charge in [0, 0.05) is 32.4 Å². The number of benzene rings is 2. The van der Waals surface area contributed by atoms with Crippen molar-refractivity contribution in [1.82, 2.24) is 10.2 Å². The van der Waals surface area contributed by atoms with Gasteiger partial charge in [0.05, 0.1) is 11.7 Å². The standard InChI is InChI=1S/C22H21FN4O3/c1-25-20(29)22(19(28)24-21(25)30)12-14-6-5-9-16(23)18(14)27-11-10-26(13-17(22)27)15-7-3-2-4-8-15/h2-9,17H,10-13H2,1H3,(H,24,28,30). The summed E-state index contributed by atoms with van der Waals surface area (Å²) in [6.45, 7) is 1.43. The van der Waals surface area contributed by atoms with Crippen LogP contribution in [0.15, 0.2) is 48.5 Å². The smallest absolute Gasteiger partial charge is 0.330 e. The molecule has 0 aliphatic carbocycles. The summed E-state index contributed by atoms with van der Waals surface area (Å²) in [7, 11) is 1.37. The highest BCUT2D eigenvalue weighted by Gasteiger charge is 2.62. The van der Waals surface area contributed by atoms with Crippen molar-refractivity contribution in [3.8, 4) is 0 Å². The minimum absolute atomic E-state index is 0.0478. The van der Waals surface area contributed by atoms with Gasteiger partial charge in [0.1, 0.15) is 5.82 Å². The number of nitrogens with zero attached hydrogens (tertiary/aromatic N) is 3. The van der Waals surface area contributed by atoms with Gasteiger partial charge in [-0.15, -0.1) is 0 Å². The number of amides is 4. The number of carbonyl (C=O) groups is 3. The number of nitrogens with one attached hydrogen (secondary N) is 1. The first kappa shape index (κ1) is 18.6. The predicted octanol–water partition coefficient (Wildman–Crippen LogP) is 1.77. The van der Waals surface area contributed by atoms with Crippen molar-refractivity contribution >= 4 is 29.2 Å². The maximum atomic E-state index is 14.8. The molecule has 2 atom stereocenters. The quantitative estimate of drug-likeness (QED) is 0.729. The average Bonchev–Trinajstić information content (AvgIpc) is 2.76. The summed E-state index contributed by atoms with van der Waals surface area (Å²) in [6.07, 6.45) is 0.0478. The fraction of sp³-hybridized carbons (Fsp3) is 0.318. The molecule has 3 aliphatic heterocycles. The Morgan fingerprint density at radius 3 is 2.57 bits per heavy atom. The van der Waals surface area contributed by atoms with Crippen LogP contribution in [-0.4, -0.2) is 55.5 Å². The van der Waals surface area contributed by atoms with Gasteiger partial charge in [0.25, 0.3) is 0 Å². The zero-order valence-electron chi connectivity index (χ0n) is 16.5. The Kier molecular flexibility index (Phi) is 4.06. The van der Waals surface area contributed by atoms with Crippen LogP contribution in [-0.2, 0) is 16.0 Å². The third-order valence-corrected chi connectivity index (χ3v) is 6.51. The van der Waals surface area contributed by atoms with E-state index in [0.717, 1.165) is 10.6 Å². The van der Waals surface area contributed by atoms with E-state index in [0.29, 0.717) is 30.9 Å². The van der Waals surface area contributed by atoms with E-state index < -0.39 is 29.3 Å². The molecule has 4 amide bonds. The van der Waals surface area contributed by atoms with Gasteiger partial charge in [-0.25, -0.2) is 9.18 Å². The molecule has 5 rings (SSSR count). The summed E-state index contributed by atoms with van der Waals surface area (Å²) < 4.78 is 14.8.